The average molecular weight is 342 g/mol. The van der Waals surface area contributed by atoms with Crippen LogP contribution in [0.2, 0.25) is 0 Å². The Hall–Kier alpha value is -1.20. The van der Waals surface area contributed by atoms with E-state index in [1.165, 1.54) is 51.7 Å². The monoisotopic (exact) mass is 342 g/mol. The van der Waals surface area contributed by atoms with Crippen LogP contribution in [0.25, 0.3) is 0 Å². The fourth-order valence-corrected chi connectivity index (χ4v) is 4.82. The highest BCUT2D eigenvalue weighted by Gasteiger charge is 2.51. The molecule has 136 valence electrons. The van der Waals surface area contributed by atoms with Crippen LogP contribution >= 0.6 is 0 Å². The number of aromatic nitrogens is 2. The largest absolute Gasteiger partial charge is 0.381 e. The van der Waals surface area contributed by atoms with Crippen molar-refractivity contribution in [2.24, 2.45) is 23.2 Å². The number of hydrogen-bond donors (Lipinski definition) is 0. The molecule has 1 aromatic heterocycles. The molecule has 2 aliphatic heterocycles. The molecule has 5 heteroatoms. The molecular weight excluding hydrogens is 312 g/mol. The van der Waals surface area contributed by atoms with Crippen LogP contribution in [-0.2, 0) is 4.74 Å². The summed E-state index contributed by atoms with van der Waals surface area (Å²) in [5, 5.41) is 0. The van der Waals surface area contributed by atoms with Crippen molar-refractivity contribution in [3.05, 3.63) is 18.5 Å². The summed E-state index contributed by atoms with van der Waals surface area (Å²) >= 11 is 0. The zero-order chi connectivity index (χ0) is 16.7. The van der Waals surface area contributed by atoms with Crippen LogP contribution in [0.1, 0.15) is 32.1 Å². The van der Waals surface area contributed by atoms with E-state index in [4.69, 9.17) is 4.74 Å². The molecular formula is C20H30N4O. The summed E-state index contributed by atoms with van der Waals surface area (Å²) in [6.45, 7) is 7.88. The fraction of sp³-hybridized carbons (Fsp3) is 0.800. The molecule has 2 saturated heterocycles. The van der Waals surface area contributed by atoms with Crippen LogP contribution in [0, 0.1) is 23.2 Å². The van der Waals surface area contributed by atoms with Gasteiger partial charge in [-0.05, 0) is 50.0 Å². The van der Waals surface area contributed by atoms with Crippen molar-refractivity contribution >= 4 is 5.95 Å². The normalized spacial score (nSPS) is 32.8. The quantitative estimate of drug-likeness (QED) is 0.761. The molecule has 0 radical (unpaired) electrons. The molecule has 1 spiro atoms. The number of nitrogens with zero attached hydrogens (tertiary/aromatic N) is 4. The van der Waals surface area contributed by atoms with Gasteiger partial charge in [-0.25, -0.2) is 9.97 Å². The van der Waals surface area contributed by atoms with Crippen molar-refractivity contribution in [1.82, 2.24) is 14.9 Å². The maximum absolute atomic E-state index is 6.16. The van der Waals surface area contributed by atoms with Crippen LogP contribution in [0.4, 0.5) is 5.95 Å². The predicted octanol–water partition coefficient (Wildman–Crippen LogP) is 2.44. The maximum atomic E-state index is 6.16. The Labute approximate surface area is 150 Å². The molecule has 2 saturated carbocycles. The third-order valence-electron chi connectivity index (χ3n) is 6.69. The Morgan fingerprint density at radius 3 is 2.60 bits per heavy atom. The van der Waals surface area contributed by atoms with Crippen molar-refractivity contribution in [3.8, 4) is 0 Å². The first-order valence-electron chi connectivity index (χ1n) is 10.1. The fourth-order valence-electron chi connectivity index (χ4n) is 4.82. The first kappa shape index (κ1) is 16.0. The van der Waals surface area contributed by atoms with E-state index < -0.39 is 0 Å². The van der Waals surface area contributed by atoms with Crippen molar-refractivity contribution < 1.29 is 4.74 Å². The van der Waals surface area contributed by atoms with E-state index in [1.54, 1.807) is 0 Å². The summed E-state index contributed by atoms with van der Waals surface area (Å²) in [6, 6.07) is 1.90. The molecule has 1 aromatic rings. The number of hydrogen-bond acceptors (Lipinski definition) is 5. The summed E-state index contributed by atoms with van der Waals surface area (Å²) in [4.78, 5) is 14.1. The van der Waals surface area contributed by atoms with Gasteiger partial charge in [0, 0.05) is 63.1 Å². The standard InChI is InChI=1S/C20H30N4O/c1-7-21-19(22-8-1)24-9-6-20(15-24)14-23(10-16-2-3-16)11-18(20)13-25-12-17-4-5-17/h1,7-8,16-18H,2-6,9-15H2/t18-,20-/m0/s1. The average Bonchev–Trinajstić information content (AvgIpc) is 3.55. The Balaban J connectivity index is 1.27. The molecule has 5 rings (SSSR count). The minimum absolute atomic E-state index is 0.373. The van der Waals surface area contributed by atoms with Gasteiger partial charge in [-0.1, -0.05) is 0 Å². The van der Waals surface area contributed by atoms with E-state index in [1.807, 2.05) is 18.5 Å². The van der Waals surface area contributed by atoms with Gasteiger partial charge in [0.25, 0.3) is 0 Å². The van der Waals surface area contributed by atoms with Crippen molar-refractivity contribution in [1.29, 1.82) is 0 Å². The van der Waals surface area contributed by atoms with Crippen molar-refractivity contribution in [2.45, 2.75) is 32.1 Å². The summed E-state index contributed by atoms with van der Waals surface area (Å²) in [6.07, 6.45) is 10.6. The summed E-state index contributed by atoms with van der Waals surface area (Å²) < 4.78 is 6.16. The highest BCUT2D eigenvalue weighted by Crippen LogP contribution is 2.46. The highest BCUT2D eigenvalue weighted by molar-refractivity contribution is 5.32. The zero-order valence-corrected chi connectivity index (χ0v) is 15.1. The SMILES string of the molecule is c1cnc(N2CC[C@]3(CN(CC4CC4)C[C@H]3COCC3CC3)C2)nc1. The van der Waals surface area contributed by atoms with E-state index in [9.17, 15) is 0 Å². The third kappa shape index (κ3) is 3.54. The predicted molar refractivity (Wildman–Crippen MR) is 97.5 cm³/mol. The molecule has 4 aliphatic rings. The Morgan fingerprint density at radius 2 is 1.84 bits per heavy atom. The van der Waals surface area contributed by atoms with Gasteiger partial charge in [-0.15, -0.1) is 0 Å². The molecule has 5 nitrogen and oxygen atoms in total. The van der Waals surface area contributed by atoms with Gasteiger partial charge >= 0.3 is 0 Å². The number of likely N-dealkylation sites (tertiary alicyclic amines) is 1. The van der Waals surface area contributed by atoms with E-state index in [-0.39, 0.29) is 0 Å². The van der Waals surface area contributed by atoms with Crippen LogP contribution < -0.4 is 4.90 Å². The van der Waals surface area contributed by atoms with Crippen LogP contribution in [0.15, 0.2) is 18.5 Å². The van der Waals surface area contributed by atoms with Crippen LogP contribution in [-0.4, -0.2) is 60.8 Å². The lowest BCUT2D eigenvalue weighted by Crippen LogP contribution is -2.37. The van der Waals surface area contributed by atoms with Gasteiger partial charge in [0.05, 0.1) is 6.61 Å². The Morgan fingerprint density at radius 1 is 1.04 bits per heavy atom. The maximum Gasteiger partial charge on any atom is 0.225 e. The van der Waals surface area contributed by atoms with Crippen LogP contribution in [0.5, 0.6) is 0 Å². The lowest BCUT2D eigenvalue weighted by atomic mass is 9.77. The lowest BCUT2D eigenvalue weighted by Gasteiger charge is -2.30. The number of anilines is 1. The molecule has 0 amide bonds. The third-order valence-corrected chi connectivity index (χ3v) is 6.69. The van der Waals surface area contributed by atoms with Gasteiger partial charge in [-0.3, -0.25) is 0 Å². The Bertz CT molecular complexity index is 589. The zero-order valence-electron chi connectivity index (χ0n) is 15.1. The topological polar surface area (TPSA) is 41.5 Å². The summed E-state index contributed by atoms with van der Waals surface area (Å²) in [5.41, 5.74) is 0.373. The second kappa shape index (κ2) is 6.51. The second-order valence-corrected chi connectivity index (χ2v) is 8.90. The molecule has 0 unspecified atom stereocenters. The number of rotatable bonds is 7. The van der Waals surface area contributed by atoms with E-state index >= 15 is 0 Å². The number of ether oxygens (including phenoxy) is 1. The van der Waals surface area contributed by atoms with Gasteiger partial charge in [0.2, 0.25) is 5.95 Å². The van der Waals surface area contributed by atoms with E-state index in [2.05, 4.69) is 19.8 Å². The van der Waals surface area contributed by atoms with Crippen molar-refractivity contribution in [2.75, 3.05) is 50.8 Å². The summed E-state index contributed by atoms with van der Waals surface area (Å²) in [7, 11) is 0. The molecule has 3 heterocycles. The van der Waals surface area contributed by atoms with Gasteiger partial charge in [0.1, 0.15) is 0 Å². The molecule has 4 fully saturated rings. The second-order valence-electron chi connectivity index (χ2n) is 8.90. The first-order chi connectivity index (χ1) is 12.3. The molecule has 0 N–H and O–H groups in total. The van der Waals surface area contributed by atoms with Crippen LogP contribution in [0.3, 0.4) is 0 Å². The highest BCUT2D eigenvalue weighted by atomic mass is 16.5. The van der Waals surface area contributed by atoms with E-state index in [0.29, 0.717) is 11.3 Å². The molecule has 0 bridgehead atoms. The Kier molecular flexibility index (Phi) is 4.17. The van der Waals surface area contributed by atoms with Crippen molar-refractivity contribution in [3.63, 3.8) is 0 Å². The molecule has 25 heavy (non-hydrogen) atoms. The first-order valence-corrected chi connectivity index (χ1v) is 10.1. The minimum atomic E-state index is 0.373. The smallest absolute Gasteiger partial charge is 0.225 e. The molecule has 2 atom stereocenters. The summed E-state index contributed by atoms with van der Waals surface area (Å²) in [5.74, 6) is 3.40. The van der Waals surface area contributed by atoms with Gasteiger partial charge in [-0.2, -0.15) is 0 Å². The minimum Gasteiger partial charge on any atom is -0.381 e. The molecule has 0 aromatic carbocycles. The molecule has 2 aliphatic carbocycles. The van der Waals surface area contributed by atoms with Gasteiger partial charge < -0.3 is 14.5 Å². The lowest BCUT2D eigenvalue weighted by molar-refractivity contribution is 0.0602. The van der Waals surface area contributed by atoms with E-state index in [0.717, 1.165) is 44.1 Å². The van der Waals surface area contributed by atoms with Gasteiger partial charge in [0.15, 0.2) is 0 Å².